The molecule has 0 bridgehead atoms. The Hall–Kier alpha value is -2.07. The van der Waals surface area contributed by atoms with Gasteiger partial charge < -0.3 is 4.52 Å². The van der Waals surface area contributed by atoms with Gasteiger partial charge in [0.2, 0.25) is 11.7 Å². The molecule has 2 aromatic carbocycles. The first kappa shape index (κ1) is 13.9. The summed E-state index contributed by atoms with van der Waals surface area (Å²) in [5.74, 6) is 1.29. The van der Waals surface area contributed by atoms with E-state index in [4.69, 9.17) is 4.52 Å². The van der Waals surface area contributed by atoms with E-state index < -0.39 is 0 Å². The van der Waals surface area contributed by atoms with Crippen LogP contribution in [0, 0.1) is 6.92 Å². The molecule has 3 nitrogen and oxygen atoms in total. The lowest BCUT2D eigenvalue weighted by molar-refractivity contribution is 0.381. The monoisotopic (exact) mass is 296 g/mol. The molecule has 0 radical (unpaired) electrons. The summed E-state index contributed by atoms with van der Waals surface area (Å²) in [5.41, 5.74) is 2.22. The molecule has 0 aliphatic heterocycles. The van der Waals surface area contributed by atoms with Crippen molar-refractivity contribution in [2.45, 2.75) is 24.0 Å². The molecule has 1 unspecified atom stereocenters. The van der Waals surface area contributed by atoms with Gasteiger partial charge in [-0.1, -0.05) is 53.2 Å². The maximum absolute atomic E-state index is 5.40. The molecule has 3 rings (SSSR count). The van der Waals surface area contributed by atoms with E-state index in [1.165, 1.54) is 10.5 Å². The molecule has 0 aliphatic rings. The highest BCUT2D eigenvalue weighted by atomic mass is 32.2. The predicted octanol–water partition coefficient (Wildman–Crippen LogP) is 4.90. The molecular weight excluding hydrogens is 280 g/mol. The molecule has 4 heteroatoms. The van der Waals surface area contributed by atoms with Crippen molar-refractivity contribution in [3.63, 3.8) is 0 Å². The second-order valence-corrected chi connectivity index (χ2v) is 6.31. The average molecular weight is 296 g/mol. The second kappa shape index (κ2) is 6.14. The SMILES string of the molecule is Cc1cccc(SC(C)c2nc(-c3ccccc3)no2)c1. The van der Waals surface area contributed by atoms with Gasteiger partial charge in [0.25, 0.3) is 0 Å². The number of rotatable bonds is 4. The number of hydrogen-bond donors (Lipinski definition) is 0. The van der Waals surface area contributed by atoms with E-state index in [1.54, 1.807) is 11.8 Å². The molecule has 21 heavy (non-hydrogen) atoms. The Morgan fingerprint density at radius 3 is 2.62 bits per heavy atom. The third-order valence-electron chi connectivity index (χ3n) is 3.12. The van der Waals surface area contributed by atoms with Crippen LogP contribution >= 0.6 is 11.8 Å². The van der Waals surface area contributed by atoms with E-state index in [0.717, 1.165) is 5.56 Å². The molecule has 0 saturated heterocycles. The zero-order valence-corrected chi connectivity index (χ0v) is 12.8. The molecule has 1 atom stereocenters. The Morgan fingerprint density at radius 2 is 1.86 bits per heavy atom. The van der Waals surface area contributed by atoms with Gasteiger partial charge in [-0.15, -0.1) is 11.8 Å². The standard InChI is InChI=1S/C17H16N2OS/c1-12-7-6-10-15(11-12)21-13(2)17-18-16(19-20-17)14-8-4-3-5-9-14/h3-11,13H,1-2H3. The summed E-state index contributed by atoms with van der Waals surface area (Å²) < 4.78 is 5.40. The van der Waals surface area contributed by atoms with Gasteiger partial charge in [0, 0.05) is 10.5 Å². The Labute approximate surface area is 128 Å². The summed E-state index contributed by atoms with van der Waals surface area (Å²) in [5, 5.41) is 4.19. The summed E-state index contributed by atoms with van der Waals surface area (Å²) in [6, 6.07) is 18.3. The normalized spacial score (nSPS) is 12.3. The molecule has 3 aromatic rings. The number of hydrogen-bond acceptors (Lipinski definition) is 4. The van der Waals surface area contributed by atoms with Gasteiger partial charge in [0.15, 0.2) is 0 Å². The van der Waals surface area contributed by atoms with Crippen molar-refractivity contribution in [1.82, 2.24) is 10.1 Å². The van der Waals surface area contributed by atoms with Crippen LogP contribution in [0.5, 0.6) is 0 Å². The number of thioether (sulfide) groups is 1. The third-order valence-corrected chi connectivity index (χ3v) is 4.21. The van der Waals surface area contributed by atoms with Crippen LogP contribution in [-0.4, -0.2) is 10.1 Å². The lowest BCUT2D eigenvalue weighted by atomic mass is 10.2. The van der Waals surface area contributed by atoms with Crippen molar-refractivity contribution in [1.29, 1.82) is 0 Å². The van der Waals surface area contributed by atoms with Crippen LogP contribution in [-0.2, 0) is 0 Å². The number of aryl methyl sites for hydroxylation is 1. The lowest BCUT2D eigenvalue weighted by Crippen LogP contribution is -1.89. The van der Waals surface area contributed by atoms with E-state index in [1.807, 2.05) is 30.3 Å². The van der Waals surface area contributed by atoms with E-state index in [9.17, 15) is 0 Å². The minimum Gasteiger partial charge on any atom is -0.338 e. The topological polar surface area (TPSA) is 38.9 Å². The maximum atomic E-state index is 5.40. The Kier molecular flexibility index (Phi) is 4.06. The van der Waals surface area contributed by atoms with Gasteiger partial charge in [0.05, 0.1) is 5.25 Å². The van der Waals surface area contributed by atoms with E-state index in [2.05, 4.69) is 48.3 Å². The van der Waals surface area contributed by atoms with Crippen LogP contribution in [0.1, 0.15) is 23.6 Å². The predicted molar refractivity (Wildman–Crippen MR) is 85.2 cm³/mol. The van der Waals surface area contributed by atoms with E-state index >= 15 is 0 Å². The molecule has 0 amide bonds. The fraction of sp³-hybridized carbons (Fsp3) is 0.176. The van der Waals surface area contributed by atoms with Crippen LogP contribution in [0.25, 0.3) is 11.4 Å². The first-order chi connectivity index (χ1) is 10.2. The molecule has 0 N–H and O–H groups in total. The highest BCUT2D eigenvalue weighted by molar-refractivity contribution is 7.99. The summed E-state index contributed by atoms with van der Waals surface area (Å²) in [4.78, 5) is 5.71. The van der Waals surface area contributed by atoms with Crippen LogP contribution in [0.15, 0.2) is 64.0 Å². The summed E-state index contributed by atoms with van der Waals surface area (Å²) in [6.07, 6.45) is 0. The van der Waals surface area contributed by atoms with Crippen LogP contribution in [0.4, 0.5) is 0 Å². The van der Waals surface area contributed by atoms with Gasteiger partial charge >= 0.3 is 0 Å². The van der Waals surface area contributed by atoms with Crippen molar-refractivity contribution in [3.8, 4) is 11.4 Å². The lowest BCUT2D eigenvalue weighted by Gasteiger charge is -2.06. The van der Waals surface area contributed by atoms with Crippen molar-refractivity contribution >= 4 is 11.8 Å². The molecular formula is C17H16N2OS. The van der Waals surface area contributed by atoms with Gasteiger partial charge in [0.1, 0.15) is 0 Å². The van der Waals surface area contributed by atoms with Crippen molar-refractivity contribution in [2.24, 2.45) is 0 Å². The molecule has 1 heterocycles. The van der Waals surface area contributed by atoms with Crippen LogP contribution < -0.4 is 0 Å². The van der Waals surface area contributed by atoms with E-state index in [-0.39, 0.29) is 5.25 Å². The molecule has 1 aromatic heterocycles. The summed E-state index contributed by atoms with van der Waals surface area (Å²) in [7, 11) is 0. The van der Waals surface area contributed by atoms with Crippen molar-refractivity contribution in [2.75, 3.05) is 0 Å². The molecule has 106 valence electrons. The Bertz CT molecular complexity index is 724. The Morgan fingerprint density at radius 1 is 1.05 bits per heavy atom. The van der Waals surface area contributed by atoms with Crippen molar-refractivity contribution in [3.05, 3.63) is 66.1 Å². The van der Waals surface area contributed by atoms with Gasteiger partial charge in [-0.05, 0) is 26.0 Å². The zero-order chi connectivity index (χ0) is 14.7. The van der Waals surface area contributed by atoms with Gasteiger partial charge in [-0.3, -0.25) is 0 Å². The zero-order valence-electron chi connectivity index (χ0n) is 12.0. The fourth-order valence-electron chi connectivity index (χ4n) is 2.05. The summed E-state index contributed by atoms with van der Waals surface area (Å²) in [6.45, 7) is 4.17. The largest absolute Gasteiger partial charge is 0.338 e. The minimum atomic E-state index is 0.122. The summed E-state index contributed by atoms with van der Waals surface area (Å²) >= 11 is 1.72. The Balaban J connectivity index is 1.77. The minimum absolute atomic E-state index is 0.122. The van der Waals surface area contributed by atoms with Crippen molar-refractivity contribution < 1.29 is 4.52 Å². The number of benzene rings is 2. The fourth-order valence-corrected chi connectivity index (χ4v) is 3.06. The quantitative estimate of drug-likeness (QED) is 0.642. The highest BCUT2D eigenvalue weighted by Crippen LogP contribution is 2.34. The van der Waals surface area contributed by atoms with Crippen LogP contribution in [0.3, 0.4) is 0 Å². The third kappa shape index (κ3) is 3.34. The molecule has 0 spiro atoms. The molecule has 0 saturated carbocycles. The first-order valence-electron chi connectivity index (χ1n) is 6.85. The smallest absolute Gasteiger partial charge is 0.240 e. The number of nitrogens with zero attached hydrogens (tertiary/aromatic N) is 2. The van der Waals surface area contributed by atoms with Gasteiger partial charge in [-0.25, -0.2) is 0 Å². The highest BCUT2D eigenvalue weighted by Gasteiger charge is 2.16. The molecule has 0 fully saturated rings. The maximum Gasteiger partial charge on any atom is 0.240 e. The number of aromatic nitrogens is 2. The average Bonchev–Trinajstić information content (AvgIpc) is 2.98. The van der Waals surface area contributed by atoms with Crippen LogP contribution in [0.2, 0.25) is 0 Å². The first-order valence-corrected chi connectivity index (χ1v) is 7.73. The molecule has 0 aliphatic carbocycles. The van der Waals surface area contributed by atoms with Gasteiger partial charge in [-0.2, -0.15) is 4.98 Å². The second-order valence-electron chi connectivity index (χ2n) is 4.90. The van der Waals surface area contributed by atoms with E-state index in [0.29, 0.717) is 11.7 Å².